The monoisotopic (exact) mass is 338 g/mol. The van der Waals surface area contributed by atoms with Crippen molar-refractivity contribution in [2.45, 2.75) is 25.7 Å². The van der Waals surface area contributed by atoms with Crippen molar-refractivity contribution in [1.82, 2.24) is 0 Å². The third kappa shape index (κ3) is 1.94. The van der Waals surface area contributed by atoms with E-state index in [1.165, 1.54) is 0 Å². The number of benzene rings is 1. The Labute approximate surface area is 147 Å². The summed E-state index contributed by atoms with van der Waals surface area (Å²) in [6.07, 6.45) is 8.26. The standard InChI is InChI=1S/C21H22O4/c1-3-24-19(22)21(20(23)25-4-2)17-13-9-5-6-10-14(13)18(21)16-12-8-7-11-15(16)17/h5-14,17-18H,3-4H2,1-2H3/t13-,14-,17-,18-/m1/s1. The minimum absolute atomic E-state index is 0.110. The van der Waals surface area contributed by atoms with Crippen LogP contribution in [0.1, 0.15) is 36.8 Å². The topological polar surface area (TPSA) is 52.6 Å². The van der Waals surface area contributed by atoms with Gasteiger partial charge in [0, 0.05) is 11.8 Å². The first kappa shape index (κ1) is 16.1. The van der Waals surface area contributed by atoms with Crippen LogP contribution in [0.25, 0.3) is 0 Å². The largest absolute Gasteiger partial charge is 0.465 e. The van der Waals surface area contributed by atoms with E-state index in [1.807, 2.05) is 36.4 Å². The van der Waals surface area contributed by atoms with Crippen molar-refractivity contribution in [2.75, 3.05) is 13.2 Å². The fourth-order valence-corrected chi connectivity index (χ4v) is 5.18. The van der Waals surface area contributed by atoms with Crippen molar-refractivity contribution in [3.63, 3.8) is 0 Å². The van der Waals surface area contributed by atoms with E-state index >= 15 is 0 Å². The van der Waals surface area contributed by atoms with Crippen LogP contribution in [0.3, 0.4) is 0 Å². The highest BCUT2D eigenvalue weighted by Crippen LogP contribution is 2.71. The molecule has 0 unspecified atom stereocenters. The summed E-state index contributed by atoms with van der Waals surface area (Å²) in [6.45, 7) is 4.04. The fourth-order valence-electron chi connectivity index (χ4n) is 5.18. The smallest absolute Gasteiger partial charge is 0.324 e. The van der Waals surface area contributed by atoms with Crippen molar-refractivity contribution in [3.8, 4) is 0 Å². The molecule has 0 heterocycles. The van der Waals surface area contributed by atoms with Crippen molar-refractivity contribution in [2.24, 2.45) is 17.3 Å². The molecule has 4 rings (SSSR count). The highest BCUT2D eigenvalue weighted by Gasteiger charge is 2.73. The van der Waals surface area contributed by atoms with Gasteiger partial charge in [-0.05, 0) is 36.8 Å². The summed E-state index contributed by atoms with van der Waals surface area (Å²) in [5.41, 5.74) is 0.869. The van der Waals surface area contributed by atoms with Crippen LogP contribution in [0.15, 0.2) is 48.6 Å². The first-order chi connectivity index (χ1) is 12.2. The maximum atomic E-state index is 13.2. The first-order valence-electron chi connectivity index (χ1n) is 8.96. The zero-order valence-corrected chi connectivity index (χ0v) is 14.5. The number of carbonyl (C=O) groups excluding carboxylic acids is 2. The van der Waals surface area contributed by atoms with Crippen molar-refractivity contribution < 1.29 is 19.1 Å². The SMILES string of the molecule is CCOC(=O)C1(C(=O)OCC)[C@H]2c3ccccc3[C@H]1[C@@H]1C=CC=C[C@H]12. The molecule has 1 aromatic carbocycles. The fraction of sp³-hybridized carbons (Fsp3) is 0.429. The number of ether oxygens (including phenoxy) is 2. The van der Waals surface area contributed by atoms with E-state index in [0.29, 0.717) is 0 Å². The van der Waals surface area contributed by atoms with Crippen LogP contribution < -0.4 is 0 Å². The summed E-state index contributed by atoms with van der Waals surface area (Å²) in [5.74, 6) is -1.15. The van der Waals surface area contributed by atoms with Gasteiger partial charge in [0.2, 0.25) is 0 Å². The number of esters is 2. The Balaban J connectivity index is 1.95. The Morgan fingerprint density at radius 3 is 1.72 bits per heavy atom. The molecule has 1 fully saturated rings. The molecule has 2 bridgehead atoms. The van der Waals surface area contributed by atoms with Gasteiger partial charge in [-0.3, -0.25) is 9.59 Å². The van der Waals surface area contributed by atoms with Gasteiger partial charge >= 0.3 is 11.9 Å². The number of rotatable bonds is 4. The number of hydrogen-bond acceptors (Lipinski definition) is 4. The number of hydrogen-bond donors (Lipinski definition) is 0. The van der Waals surface area contributed by atoms with Crippen LogP contribution in [-0.4, -0.2) is 25.2 Å². The van der Waals surface area contributed by atoms with E-state index in [9.17, 15) is 9.59 Å². The molecule has 4 heteroatoms. The molecule has 0 N–H and O–H groups in total. The first-order valence-corrected chi connectivity index (χ1v) is 8.96. The molecule has 4 atom stereocenters. The molecular formula is C21H22O4. The Morgan fingerprint density at radius 1 is 0.880 bits per heavy atom. The van der Waals surface area contributed by atoms with Crippen LogP contribution in [0.2, 0.25) is 0 Å². The Hall–Kier alpha value is -2.36. The maximum absolute atomic E-state index is 13.2. The zero-order chi connectivity index (χ0) is 17.6. The van der Waals surface area contributed by atoms with Crippen LogP contribution in [0.4, 0.5) is 0 Å². The zero-order valence-electron chi connectivity index (χ0n) is 14.5. The van der Waals surface area contributed by atoms with Gasteiger partial charge in [0.25, 0.3) is 0 Å². The summed E-state index contributed by atoms with van der Waals surface area (Å²) in [4.78, 5) is 26.4. The Morgan fingerprint density at radius 2 is 1.32 bits per heavy atom. The van der Waals surface area contributed by atoms with E-state index in [4.69, 9.17) is 9.47 Å². The second-order valence-corrected chi connectivity index (χ2v) is 6.82. The molecule has 0 aliphatic heterocycles. The van der Waals surface area contributed by atoms with Gasteiger partial charge in [0.05, 0.1) is 13.2 Å². The lowest BCUT2D eigenvalue weighted by atomic mass is 9.74. The van der Waals surface area contributed by atoms with Gasteiger partial charge in [-0.25, -0.2) is 0 Å². The lowest BCUT2D eigenvalue weighted by Gasteiger charge is -2.30. The molecule has 25 heavy (non-hydrogen) atoms. The molecular weight excluding hydrogens is 316 g/mol. The summed E-state index contributed by atoms with van der Waals surface area (Å²) in [5, 5.41) is 0. The molecule has 0 amide bonds. The maximum Gasteiger partial charge on any atom is 0.324 e. The lowest BCUT2D eigenvalue weighted by Crippen LogP contribution is -2.45. The van der Waals surface area contributed by atoms with Gasteiger partial charge in [-0.15, -0.1) is 0 Å². The molecule has 3 aliphatic carbocycles. The average Bonchev–Trinajstić information content (AvgIpc) is 3.11. The van der Waals surface area contributed by atoms with Gasteiger partial charge in [0.15, 0.2) is 5.41 Å². The van der Waals surface area contributed by atoms with Crippen LogP contribution >= 0.6 is 0 Å². The van der Waals surface area contributed by atoms with Crippen LogP contribution in [0, 0.1) is 17.3 Å². The minimum Gasteiger partial charge on any atom is -0.465 e. The summed E-state index contributed by atoms with van der Waals surface area (Å²) >= 11 is 0. The molecule has 1 saturated carbocycles. The van der Waals surface area contributed by atoms with E-state index in [2.05, 4.69) is 12.2 Å². The third-order valence-electron chi connectivity index (χ3n) is 5.87. The van der Waals surface area contributed by atoms with Crippen LogP contribution in [0.5, 0.6) is 0 Å². The second-order valence-electron chi connectivity index (χ2n) is 6.82. The normalized spacial score (nSPS) is 29.8. The molecule has 3 aliphatic rings. The highest BCUT2D eigenvalue weighted by atomic mass is 16.6. The number of carbonyl (C=O) groups is 2. The highest BCUT2D eigenvalue weighted by molar-refractivity contribution is 6.04. The molecule has 0 aromatic heterocycles. The molecule has 0 saturated heterocycles. The predicted molar refractivity (Wildman–Crippen MR) is 92.9 cm³/mol. The second kappa shape index (κ2) is 5.87. The summed E-state index contributed by atoms with van der Waals surface area (Å²) in [7, 11) is 0. The van der Waals surface area contributed by atoms with Crippen LogP contribution in [-0.2, 0) is 19.1 Å². The summed E-state index contributed by atoms with van der Waals surface area (Å²) < 4.78 is 10.9. The molecule has 4 nitrogen and oxygen atoms in total. The molecule has 1 aromatic rings. The molecule has 0 spiro atoms. The van der Waals surface area contributed by atoms with E-state index < -0.39 is 17.4 Å². The number of fused-ring (bicyclic) bond motifs is 8. The van der Waals surface area contributed by atoms with Gasteiger partial charge in [0.1, 0.15) is 0 Å². The third-order valence-corrected chi connectivity index (χ3v) is 5.87. The van der Waals surface area contributed by atoms with Gasteiger partial charge < -0.3 is 9.47 Å². The Kier molecular flexibility index (Phi) is 3.78. The predicted octanol–water partition coefficient (Wildman–Crippen LogP) is 3.35. The van der Waals surface area contributed by atoms with E-state index in [-0.39, 0.29) is 36.9 Å². The van der Waals surface area contributed by atoms with Crippen molar-refractivity contribution in [3.05, 3.63) is 59.7 Å². The number of allylic oxidation sites excluding steroid dienone is 4. The summed E-state index contributed by atoms with van der Waals surface area (Å²) in [6, 6.07) is 8.02. The van der Waals surface area contributed by atoms with E-state index in [0.717, 1.165) is 11.1 Å². The molecule has 0 radical (unpaired) electrons. The quantitative estimate of drug-likeness (QED) is 0.624. The van der Waals surface area contributed by atoms with Gasteiger partial charge in [-0.1, -0.05) is 48.6 Å². The Bertz CT molecular complexity index is 711. The van der Waals surface area contributed by atoms with E-state index in [1.54, 1.807) is 13.8 Å². The van der Waals surface area contributed by atoms with Gasteiger partial charge in [-0.2, -0.15) is 0 Å². The average molecular weight is 338 g/mol. The van der Waals surface area contributed by atoms with Crippen molar-refractivity contribution in [1.29, 1.82) is 0 Å². The minimum atomic E-state index is -1.29. The molecule has 130 valence electrons. The lowest BCUT2D eigenvalue weighted by molar-refractivity contribution is -0.173. The van der Waals surface area contributed by atoms with Crippen molar-refractivity contribution >= 4 is 11.9 Å².